The number of aryl methyl sites for hydroxylation is 1. The van der Waals surface area contributed by atoms with Crippen molar-refractivity contribution in [1.29, 1.82) is 0 Å². The number of nitrogens with zero attached hydrogens (tertiary/aromatic N) is 2. The summed E-state index contributed by atoms with van der Waals surface area (Å²) in [6, 6.07) is -0.305. The fraction of sp³-hybridized carbons (Fsp3) is 0.692. The van der Waals surface area contributed by atoms with Crippen LogP contribution in [-0.2, 0) is 13.8 Å². The normalized spacial score (nSPS) is 18.4. The summed E-state index contributed by atoms with van der Waals surface area (Å²) in [6.45, 7) is 3.37. The summed E-state index contributed by atoms with van der Waals surface area (Å²) in [5.74, 6) is 0.321. The second-order valence-corrected chi connectivity index (χ2v) is 8.00. The van der Waals surface area contributed by atoms with Crippen molar-refractivity contribution >= 4 is 25.6 Å². The number of carbonyl (C=O) groups excluding carboxylic acids is 1. The van der Waals surface area contributed by atoms with Gasteiger partial charge in [-0.1, -0.05) is 19.3 Å². The number of rotatable bonds is 4. The molecule has 1 atom stereocenters. The van der Waals surface area contributed by atoms with E-state index < -0.39 is 15.1 Å². The highest BCUT2D eigenvalue weighted by molar-refractivity contribution is 8.13. The molecule has 1 amide bonds. The lowest BCUT2D eigenvalue weighted by Crippen LogP contribution is -2.40. The molecule has 21 heavy (non-hydrogen) atoms. The third-order valence-electron chi connectivity index (χ3n) is 3.89. The van der Waals surface area contributed by atoms with E-state index in [0.717, 1.165) is 25.7 Å². The maximum absolute atomic E-state index is 12.3. The Morgan fingerprint density at radius 2 is 2.05 bits per heavy atom. The predicted molar refractivity (Wildman–Crippen MR) is 79.7 cm³/mol. The fourth-order valence-electron chi connectivity index (χ4n) is 2.66. The lowest BCUT2D eigenvalue weighted by atomic mass is 9.95. The molecule has 0 aromatic carbocycles. The van der Waals surface area contributed by atoms with Crippen LogP contribution in [-0.4, -0.2) is 29.9 Å². The second kappa shape index (κ2) is 6.36. The number of amides is 1. The zero-order valence-corrected chi connectivity index (χ0v) is 13.7. The van der Waals surface area contributed by atoms with Crippen LogP contribution in [0.4, 0.5) is 0 Å². The van der Waals surface area contributed by atoms with E-state index in [9.17, 15) is 13.2 Å². The van der Waals surface area contributed by atoms with Gasteiger partial charge in [-0.3, -0.25) is 4.79 Å². The third kappa shape index (κ3) is 3.97. The van der Waals surface area contributed by atoms with Crippen molar-refractivity contribution in [3.05, 3.63) is 12.0 Å². The lowest BCUT2D eigenvalue weighted by Gasteiger charge is -2.25. The number of imidazole rings is 1. The van der Waals surface area contributed by atoms with Gasteiger partial charge in [-0.2, -0.15) is 0 Å². The summed E-state index contributed by atoms with van der Waals surface area (Å²) in [4.78, 5) is 16.2. The smallest absolute Gasteiger partial charge is 0.280 e. The van der Waals surface area contributed by atoms with Crippen molar-refractivity contribution in [2.24, 2.45) is 0 Å². The van der Waals surface area contributed by atoms with Crippen LogP contribution in [0.3, 0.4) is 0 Å². The molecule has 0 bridgehead atoms. The molecule has 118 valence electrons. The zero-order chi connectivity index (χ0) is 15.6. The van der Waals surface area contributed by atoms with E-state index in [2.05, 4.69) is 10.3 Å². The minimum absolute atomic E-state index is 0.124. The standard InChI is InChI=1S/C13H20ClN3O3S/c1-9(13(18)16-11-6-4-3-5-7-11)17-8-12(15-10(17)2)21(14,19)20/h8-9,11H,3-7H2,1-2H3,(H,16,18). The molecule has 1 aliphatic carbocycles. The van der Waals surface area contributed by atoms with Gasteiger partial charge < -0.3 is 9.88 Å². The van der Waals surface area contributed by atoms with Gasteiger partial charge in [0.25, 0.3) is 9.05 Å². The third-order valence-corrected chi connectivity index (χ3v) is 5.06. The molecule has 1 fully saturated rings. The quantitative estimate of drug-likeness (QED) is 0.856. The summed E-state index contributed by atoms with van der Waals surface area (Å²) in [5, 5.41) is 2.80. The number of carbonyl (C=O) groups is 1. The van der Waals surface area contributed by atoms with E-state index >= 15 is 0 Å². The Labute approximate surface area is 129 Å². The lowest BCUT2D eigenvalue weighted by molar-refractivity contribution is -0.124. The molecule has 1 unspecified atom stereocenters. The molecule has 2 rings (SSSR count). The molecule has 0 saturated heterocycles. The average molecular weight is 334 g/mol. The SMILES string of the molecule is Cc1nc(S(=O)(=O)Cl)cn1C(C)C(=O)NC1CCCCC1. The van der Waals surface area contributed by atoms with E-state index in [-0.39, 0.29) is 17.0 Å². The number of aromatic nitrogens is 2. The number of halogens is 1. The van der Waals surface area contributed by atoms with Crippen molar-refractivity contribution < 1.29 is 13.2 Å². The molecule has 0 spiro atoms. The van der Waals surface area contributed by atoms with Crippen LogP contribution in [0.15, 0.2) is 11.2 Å². The molecule has 1 aromatic rings. The molecule has 1 heterocycles. The topological polar surface area (TPSA) is 81.1 Å². The minimum atomic E-state index is -3.88. The van der Waals surface area contributed by atoms with Gasteiger partial charge in [0.1, 0.15) is 11.9 Å². The van der Waals surface area contributed by atoms with Gasteiger partial charge in [0, 0.05) is 22.9 Å². The fourth-order valence-corrected chi connectivity index (χ4v) is 3.37. The number of hydrogen-bond acceptors (Lipinski definition) is 4. The van der Waals surface area contributed by atoms with Crippen LogP contribution >= 0.6 is 10.7 Å². The minimum Gasteiger partial charge on any atom is -0.352 e. The molecule has 1 N–H and O–H groups in total. The van der Waals surface area contributed by atoms with E-state index in [1.165, 1.54) is 17.2 Å². The first-order valence-electron chi connectivity index (χ1n) is 7.09. The predicted octanol–water partition coefficient (Wildman–Crippen LogP) is 2.13. The van der Waals surface area contributed by atoms with Gasteiger partial charge in [-0.15, -0.1) is 0 Å². The van der Waals surface area contributed by atoms with Crippen molar-refractivity contribution in [2.45, 2.75) is 63.1 Å². The molecule has 6 nitrogen and oxygen atoms in total. The van der Waals surface area contributed by atoms with Crippen molar-refractivity contribution in [2.75, 3.05) is 0 Å². The first kappa shape index (κ1) is 16.3. The Morgan fingerprint density at radius 3 is 2.57 bits per heavy atom. The number of hydrogen-bond donors (Lipinski definition) is 1. The Kier molecular flexibility index (Phi) is 4.93. The molecule has 1 saturated carbocycles. The van der Waals surface area contributed by atoms with E-state index in [1.807, 2.05) is 0 Å². The Bertz CT molecular complexity index is 621. The van der Waals surface area contributed by atoms with Crippen LogP contribution in [0, 0.1) is 6.92 Å². The molecule has 1 aromatic heterocycles. The van der Waals surface area contributed by atoms with Gasteiger partial charge in [0.05, 0.1) is 0 Å². The largest absolute Gasteiger partial charge is 0.352 e. The van der Waals surface area contributed by atoms with Crippen molar-refractivity contribution in [3.63, 3.8) is 0 Å². The van der Waals surface area contributed by atoms with Crippen molar-refractivity contribution in [1.82, 2.24) is 14.9 Å². The monoisotopic (exact) mass is 333 g/mol. The van der Waals surface area contributed by atoms with Gasteiger partial charge in [0.2, 0.25) is 5.91 Å². The Hall–Kier alpha value is -1.08. The maximum Gasteiger partial charge on any atom is 0.280 e. The Morgan fingerprint density at radius 1 is 1.43 bits per heavy atom. The summed E-state index contributed by atoms with van der Waals surface area (Å²) in [6.07, 6.45) is 6.81. The van der Waals surface area contributed by atoms with Crippen LogP contribution in [0.5, 0.6) is 0 Å². The highest BCUT2D eigenvalue weighted by atomic mass is 35.7. The van der Waals surface area contributed by atoms with E-state index in [4.69, 9.17) is 10.7 Å². The molecule has 1 aliphatic rings. The molecule has 0 aliphatic heterocycles. The molecular weight excluding hydrogens is 314 g/mol. The molecular formula is C13H20ClN3O3S. The van der Waals surface area contributed by atoms with Gasteiger partial charge in [-0.25, -0.2) is 13.4 Å². The highest BCUT2D eigenvalue weighted by Gasteiger charge is 2.24. The highest BCUT2D eigenvalue weighted by Crippen LogP contribution is 2.20. The van der Waals surface area contributed by atoms with Crippen LogP contribution in [0.25, 0.3) is 0 Å². The van der Waals surface area contributed by atoms with Crippen molar-refractivity contribution in [3.8, 4) is 0 Å². The molecule has 0 radical (unpaired) electrons. The summed E-state index contributed by atoms with van der Waals surface area (Å²) >= 11 is 0. The van der Waals surface area contributed by atoms with Gasteiger partial charge in [0.15, 0.2) is 5.03 Å². The van der Waals surface area contributed by atoms with Crippen LogP contribution < -0.4 is 5.32 Å². The van der Waals surface area contributed by atoms with Gasteiger partial charge >= 0.3 is 0 Å². The average Bonchev–Trinajstić information content (AvgIpc) is 2.81. The maximum atomic E-state index is 12.3. The zero-order valence-electron chi connectivity index (χ0n) is 12.2. The van der Waals surface area contributed by atoms with Crippen LogP contribution in [0.2, 0.25) is 0 Å². The Balaban J connectivity index is 2.10. The molecule has 8 heteroatoms. The summed E-state index contributed by atoms with van der Waals surface area (Å²) in [7, 11) is 1.40. The van der Waals surface area contributed by atoms with E-state index in [1.54, 1.807) is 13.8 Å². The summed E-state index contributed by atoms with van der Waals surface area (Å²) in [5.41, 5.74) is 0. The first-order valence-corrected chi connectivity index (χ1v) is 9.40. The second-order valence-electron chi connectivity index (χ2n) is 5.49. The first-order chi connectivity index (χ1) is 9.79. The van der Waals surface area contributed by atoms with Crippen LogP contribution in [0.1, 0.15) is 50.9 Å². The number of nitrogens with one attached hydrogen (secondary N) is 1. The van der Waals surface area contributed by atoms with Gasteiger partial charge in [-0.05, 0) is 26.7 Å². The summed E-state index contributed by atoms with van der Waals surface area (Å²) < 4.78 is 24.1. The van der Waals surface area contributed by atoms with E-state index in [0.29, 0.717) is 5.82 Å².